The van der Waals surface area contributed by atoms with Gasteiger partial charge < -0.3 is 9.47 Å². The van der Waals surface area contributed by atoms with Crippen LogP contribution in [0.5, 0.6) is 11.5 Å². The van der Waals surface area contributed by atoms with Gasteiger partial charge in [0, 0.05) is 24.1 Å². The molecule has 0 radical (unpaired) electrons. The first-order valence-electron chi connectivity index (χ1n) is 9.54. The number of ether oxygens (including phenoxy) is 2. The highest BCUT2D eigenvalue weighted by atomic mass is 19.1. The monoisotopic (exact) mass is 407 g/mol. The highest BCUT2D eigenvalue weighted by Crippen LogP contribution is 2.25. The standard InChI is InChI=1S/C24H22FNO4/c1-16(24(28)29-2)14-20(27)15-19-4-3-5-23(26-19)17-6-10-21(11-7-17)30-22-12-8-18(25)9-13-22/h3-13,16H,14-15H2,1-2H3/t16-/m1/s1. The van der Waals surface area contributed by atoms with Gasteiger partial charge in [-0.15, -0.1) is 0 Å². The molecular weight excluding hydrogens is 385 g/mol. The van der Waals surface area contributed by atoms with E-state index in [0.29, 0.717) is 17.2 Å². The Morgan fingerprint density at radius 2 is 1.60 bits per heavy atom. The molecule has 0 N–H and O–H groups in total. The van der Waals surface area contributed by atoms with Crippen LogP contribution in [-0.2, 0) is 20.7 Å². The van der Waals surface area contributed by atoms with Crippen molar-refractivity contribution in [2.45, 2.75) is 19.8 Å². The number of carbonyl (C=O) groups excluding carboxylic acids is 2. The van der Waals surface area contributed by atoms with E-state index >= 15 is 0 Å². The Hall–Kier alpha value is -3.54. The maximum atomic E-state index is 13.0. The number of benzene rings is 2. The number of carbonyl (C=O) groups is 2. The van der Waals surface area contributed by atoms with Crippen LogP contribution in [0.1, 0.15) is 19.0 Å². The molecule has 3 aromatic rings. The van der Waals surface area contributed by atoms with E-state index in [4.69, 9.17) is 4.74 Å². The molecule has 0 saturated carbocycles. The lowest BCUT2D eigenvalue weighted by atomic mass is 10.0. The first-order chi connectivity index (χ1) is 14.4. The van der Waals surface area contributed by atoms with Crippen LogP contribution in [0.2, 0.25) is 0 Å². The van der Waals surface area contributed by atoms with Gasteiger partial charge in [-0.1, -0.05) is 13.0 Å². The number of ketones is 1. The normalized spacial score (nSPS) is 11.6. The Kier molecular flexibility index (Phi) is 6.91. The second-order valence-corrected chi connectivity index (χ2v) is 6.94. The molecule has 0 saturated heterocycles. The molecule has 0 bridgehead atoms. The molecule has 0 aliphatic rings. The number of Topliss-reactive ketones (excluding diaryl/α,β-unsaturated/α-hetero) is 1. The number of hydrogen-bond donors (Lipinski definition) is 0. The third-order valence-corrected chi connectivity index (χ3v) is 4.52. The molecule has 0 amide bonds. The summed E-state index contributed by atoms with van der Waals surface area (Å²) in [6.45, 7) is 1.67. The van der Waals surface area contributed by atoms with Crippen molar-refractivity contribution in [3.05, 3.63) is 78.2 Å². The average molecular weight is 407 g/mol. The third-order valence-electron chi connectivity index (χ3n) is 4.52. The zero-order valence-electron chi connectivity index (χ0n) is 16.8. The summed E-state index contributed by atoms with van der Waals surface area (Å²) in [4.78, 5) is 28.3. The SMILES string of the molecule is COC(=O)[C@H](C)CC(=O)Cc1cccc(-c2ccc(Oc3ccc(F)cc3)cc2)n1. The fourth-order valence-electron chi connectivity index (χ4n) is 2.97. The molecule has 1 heterocycles. The van der Waals surface area contributed by atoms with Crippen LogP contribution in [0.3, 0.4) is 0 Å². The lowest BCUT2D eigenvalue weighted by molar-refractivity contribution is -0.146. The summed E-state index contributed by atoms with van der Waals surface area (Å²) < 4.78 is 23.3. The molecule has 30 heavy (non-hydrogen) atoms. The van der Waals surface area contributed by atoms with Crippen molar-refractivity contribution in [1.82, 2.24) is 4.98 Å². The molecule has 0 aliphatic heterocycles. The number of halogens is 1. The Bertz CT molecular complexity index is 1020. The molecule has 2 aromatic carbocycles. The molecule has 0 aliphatic carbocycles. The van der Waals surface area contributed by atoms with Gasteiger partial charge in [-0.25, -0.2) is 4.39 Å². The number of methoxy groups -OCH3 is 1. The third kappa shape index (κ3) is 5.73. The second-order valence-electron chi connectivity index (χ2n) is 6.94. The van der Waals surface area contributed by atoms with Gasteiger partial charge in [-0.3, -0.25) is 14.6 Å². The van der Waals surface area contributed by atoms with E-state index in [1.54, 1.807) is 37.3 Å². The maximum Gasteiger partial charge on any atom is 0.308 e. The van der Waals surface area contributed by atoms with E-state index in [1.807, 2.05) is 24.3 Å². The number of hydrogen-bond acceptors (Lipinski definition) is 5. The highest BCUT2D eigenvalue weighted by molar-refractivity contribution is 5.85. The van der Waals surface area contributed by atoms with E-state index in [0.717, 1.165) is 11.3 Å². The Morgan fingerprint density at radius 3 is 2.23 bits per heavy atom. The van der Waals surface area contributed by atoms with Gasteiger partial charge >= 0.3 is 5.97 Å². The predicted molar refractivity (Wildman–Crippen MR) is 111 cm³/mol. The molecule has 0 spiro atoms. The summed E-state index contributed by atoms with van der Waals surface area (Å²) in [5, 5.41) is 0. The molecule has 6 heteroatoms. The number of esters is 1. The van der Waals surface area contributed by atoms with Gasteiger partial charge in [-0.2, -0.15) is 0 Å². The van der Waals surface area contributed by atoms with Crippen LogP contribution in [0.15, 0.2) is 66.7 Å². The van der Waals surface area contributed by atoms with E-state index in [2.05, 4.69) is 9.72 Å². The molecular formula is C24H22FNO4. The van der Waals surface area contributed by atoms with E-state index in [-0.39, 0.29) is 24.4 Å². The summed E-state index contributed by atoms with van der Waals surface area (Å²) in [5.74, 6) is -0.0905. The predicted octanol–water partition coefficient (Wildman–Crippen LogP) is 4.99. The summed E-state index contributed by atoms with van der Waals surface area (Å²) in [7, 11) is 1.31. The van der Waals surface area contributed by atoms with Crippen molar-refractivity contribution in [1.29, 1.82) is 0 Å². The zero-order valence-corrected chi connectivity index (χ0v) is 16.8. The molecule has 5 nitrogen and oxygen atoms in total. The van der Waals surface area contributed by atoms with Gasteiger partial charge in [0.05, 0.1) is 18.7 Å². The van der Waals surface area contributed by atoms with E-state index < -0.39 is 11.9 Å². The molecule has 154 valence electrons. The van der Waals surface area contributed by atoms with Gasteiger partial charge in [0.25, 0.3) is 0 Å². The molecule has 3 rings (SSSR count). The largest absolute Gasteiger partial charge is 0.469 e. The first kappa shape index (κ1) is 21.2. The van der Waals surface area contributed by atoms with Crippen molar-refractivity contribution in [2.24, 2.45) is 5.92 Å². The summed E-state index contributed by atoms with van der Waals surface area (Å²) in [5.41, 5.74) is 2.24. The number of aromatic nitrogens is 1. The average Bonchev–Trinajstić information content (AvgIpc) is 2.75. The Morgan fingerprint density at radius 1 is 0.967 bits per heavy atom. The Labute approximate surface area is 174 Å². The van der Waals surface area contributed by atoms with Crippen LogP contribution in [0.25, 0.3) is 11.3 Å². The molecule has 1 aromatic heterocycles. The highest BCUT2D eigenvalue weighted by Gasteiger charge is 2.18. The smallest absolute Gasteiger partial charge is 0.308 e. The minimum Gasteiger partial charge on any atom is -0.469 e. The number of nitrogens with zero attached hydrogens (tertiary/aromatic N) is 1. The van der Waals surface area contributed by atoms with Gasteiger partial charge in [0.1, 0.15) is 23.1 Å². The summed E-state index contributed by atoms with van der Waals surface area (Å²) in [6.07, 6.45) is 0.273. The topological polar surface area (TPSA) is 65.5 Å². The second kappa shape index (κ2) is 9.78. The van der Waals surface area contributed by atoms with Gasteiger partial charge in [-0.05, 0) is 60.7 Å². The molecule has 0 unspecified atom stereocenters. The number of pyridine rings is 1. The van der Waals surface area contributed by atoms with Crippen LogP contribution < -0.4 is 4.74 Å². The Balaban J connectivity index is 1.65. The van der Waals surface area contributed by atoms with Gasteiger partial charge in [0.2, 0.25) is 0 Å². The van der Waals surface area contributed by atoms with Crippen LogP contribution >= 0.6 is 0 Å². The molecule has 0 fully saturated rings. The van der Waals surface area contributed by atoms with Crippen molar-refractivity contribution < 1.29 is 23.5 Å². The summed E-state index contributed by atoms with van der Waals surface area (Å²) >= 11 is 0. The summed E-state index contributed by atoms with van der Waals surface area (Å²) in [6, 6.07) is 18.6. The van der Waals surface area contributed by atoms with Crippen molar-refractivity contribution >= 4 is 11.8 Å². The van der Waals surface area contributed by atoms with Crippen molar-refractivity contribution in [3.63, 3.8) is 0 Å². The minimum atomic E-state index is -0.473. The van der Waals surface area contributed by atoms with Crippen LogP contribution in [0, 0.1) is 11.7 Å². The quantitative estimate of drug-likeness (QED) is 0.492. The minimum absolute atomic E-state index is 0.0689. The number of rotatable bonds is 8. The lowest BCUT2D eigenvalue weighted by Gasteiger charge is -2.09. The molecule has 1 atom stereocenters. The zero-order chi connectivity index (χ0) is 21.5. The fourth-order valence-corrected chi connectivity index (χ4v) is 2.97. The van der Waals surface area contributed by atoms with Crippen LogP contribution in [0.4, 0.5) is 4.39 Å². The van der Waals surface area contributed by atoms with Crippen LogP contribution in [-0.4, -0.2) is 23.8 Å². The van der Waals surface area contributed by atoms with E-state index in [1.165, 1.54) is 19.2 Å². The van der Waals surface area contributed by atoms with Crippen molar-refractivity contribution in [2.75, 3.05) is 7.11 Å². The van der Waals surface area contributed by atoms with Crippen molar-refractivity contribution in [3.8, 4) is 22.8 Å². The first-order valence-corrected chi connectivity index (χ1v) is 9.54. The fraction of sp³-hybridized carbons (Fsp3) is 0.208. The lowest BCUT2D eigenvalue weighted by Crippen LogP contribution is -2.18. The van der Waals surface area contributed by atoms with E-state index in [9.17, 15) is 14.0 Å². The maximum absolute atomic E-state index is 13.0. The van der Waals surface area contributed by atoms with Gasteiger partial charge in [0.15, 0.2) is 0 Å².